The molecule has 1 N–H and O–H groups in total. The minimum Gasteiger partial charge on any atom is -0.307 e. The molecular weight excluding hydrogens is 132 g/mol. The van der Waals surface area contributed by atoms with E-state index in [1.165, 1.54) is 6.92 Å². The fourth-order valence-corrected chi connectivity index (χ4v) is 0.381. The van der Waals surface area contributed by atoms with E-state index in [4.69, 9.17) is 4.84 Å². The molecule has 0 saturated carbocycles. The van der Waals surface area contributed by atoms with Crippen molar-refractivity contribution in [1.29, 1.82) is 0 Å². The molecule has 0 rings (SSSR count). The van der Waals surface area contributed by atoms with Crippen molar-refractivity contribution in [1.82, 2.24) is 10.4 Å². The van der Waals surface area contributed by atoms with Crippen LogP contribution in [0.3, 0.4) is 0 Å². The Bertz CT molecular complexity index is 104. The summed E-state index contributed by atoms with van der Waals surface area (Å²) in [6, 6.07) is 0. The van der Waals surface area contributed by atoms with Crippen molar-refractivity contribution in [3.8, 4) is 0 Å². The molecule has 0 aromatic carbocycles. The van der Waals surface area contributed by atoms with Crippen LogP contribution in [-0.4, -0.2) is 38.1 Å². The van der Waals surface area contributed by atoms with Crippen LogP contribution in [0, 0.1) is 0 Å². The summed E-state index contributed by atoms with van der Waals surface area (Å²) in [4.78, 5) is 17.0. The largest absolute Gasteiger partial charge is 0.307 e. The molecule has 0 heterocycles. The van der Waals surface area contributed by atoms with Crippen LogP contribution in [0.4, 0.5) is 0 Å². The number of rotatable bonds is 4. The number of hydrogen-bond acceptors (Lipinski definition) is 3. The van der Waals surface area contributed by atoms with Gasteiger partial charge in [0.2, 0.25) is 5.91 Å². The molecule has 0 atom stereocenters. The molecule has 0 aliphatic heterocycles. The summed E-state index contributed by atoms with van der Waals surface area (Å²) in [6.45, 7) is 2.74. The first-order chi connectivity index (χ1) is 4.63. The van der Waals surface area contributed by atoms with Crippen LogP contribution in [0.1, 0.15) is 6.92 Å². The second-order valence-electron chi connectivity index (χ2n) is 2.31. The standard InChI is InChI=1S/C6H14N2O2/c1-6(9)7-10-5-4-8(2)3/h4-5H2,1-3H3,(H,7,9). The van der Waals surface area contributed by atoms with Crippen molar-refractivity contribution >= 4 is 5.91 Å². The molecule has 10 heavy (non-hydrogen) atoms. The van der Waals surface area contributed by atoms with Crippen LogP contribution in [0.15, 0.2) is 0 Å². The highest BCUT2D eigenvalue weighted by Gasteiger charge is 1.91. The van der Waals surface area contributed by atoms with E-state index in [0.717, 1.165) is 6.54 Å². The van der Waals surface area contributed by atoms with E-state index in [2.05, 4.69) is 5.48 Å². The predicted octanol–water partition coefficient (Wildman–Crippen LogP) is -0.384. The molecule has 0 saturated heterocycles. The average Bonchev–Trinajstić information content (AvgIpc) is 1.79. The molecule has 0 aliphatic carbocycles. The van der Waals surface area contributed by atoms with Gasteiger partial charge in [-0.05, 0) is 14.1 Å². The van der Waals surface area contributed by atoms with Gasteiger partial charge in [-0.3, -0.25) is 9.63 Å². The first kappa shape index (κ1) is 9.39. The minimum absolute atomic E-state index is 0.168. The van der Waals surface area contributed by atoms with Gasteiger partial charge in [0, 0.05) is 13.5 Å². The van der Waals surface area contributed by atoms with E-state index in [0.29, 0.717) is 6.61 Å². The zero-order chi connectivity index (χ0) is 7.98. The normalized spacial score (nSPS) is 10.0. The molecular formula is C6H14N2O2. The molecule has 0 spiro atoms. The second-order valence-corrected chi connectivity index (χ2v) is 2.31. The number of carbonyl (C=O) groups excluding carboxylic acids is 1. The van der Waals surface area contributed by atoms with Crippen molar-refractivity contribution < 1.29 is 9.63 Å². The van der Waals surface area contributed by atoms with Crippen molar-refractivity contribution in [2.75, 3.05) is 27.2 Å². The summed E-state index contributed by atoms with van der Waals surface area (Å²) in [5.74, 6) is -0.168. The van der Waals surface area contributed by atoms with Crippen LogP contribution in [0.25, 0.3) is 0 Å². The van der Waals surface area contributed by atoms with E-state index in [1.807, 2.05) is 19.0 Å². The summed E-state index contributed by atoms with van der Waals surface area (Å²) < 4.78 is 0. The number of carbonyl (C=O) groups is 1. The molecule has 0 aromatic rings. The molecule has 0 fully saturated rings. The molecule has 0 radical (unpaired) electrons. The maximum atomic E-state index is 10.2. The van der Waals surface area contributed by atoms with E-state index in [1.54, 1.807) is 0 Å². The third kappa shape index (κ3) is 7.39. The quantitative estimate of drug-likeness (QED) is 0.434. The lowest BCUT2D eigenvalue weighted by atomic mass is 10.6. The lowest BCUT2D eigenvalue weighted by Gasteiger charge is -2.08. The highest BCUT2D eigenvalue weighted by atomic mass is 16.6. The van der Waals surface area contributed by atoms with Crippen molar-refractivity contribution in [2.45, 2.75) is 6.92 Å². The summed E-state index contributed by atoms with van der Waals surface area (Å²) >= 11 is 0. The highest BCUT2D eigenvalue weighted by Crippen LogP contribution is 1.73. The zero-order valence-corrected chi connectivity index (χ0v) is 6.68. The van der Waals surface area contributed by atoms with Gasteiger partial charge >= 0.3 is 0 Å². The van der Waals surface area contributed by atoms with Gasteiger partial charge in [-0.15, -0.1) is 0 Å². The Kier molecular flexibility index (Phi) is 4.88. The summed E-state index contributed by atoms with van der Waals surface area (Å²) in [7, 11) is 3.88. The van der Waals surface area contributed by atoms with Crippen LogP contribution in [-0.2, 0) is 9.63 Å². The van der Waals surface area contributed by atoms with E-state index in [-0.39, 0.29) is 5.91 Å². The maximum absolute atomic E-state index is 10.2. The van der Waals surface area contributed by atoms with Gasteiger partial charge in [-0.1, -0.05) is 0 Å². The molecule has 4 heteroatoms. The molecule has 0 aliphatic rings. The lowest BCUT2D eigenvalue weighted by Crippen LogP contribution is -2.26. The molecule has 0 aromatic heterocycles. The van der Waals surface area contributed by atoms with Gasteiger partial charge in [-0.25, -0.2) is 5.48 Å². The second kappa shape index (κ2) is 5.20. The van der Waals surface area contributed by atoms with Crippen molar-refractivity contribution in [2.24, 2.45) is 0 Å². The molecule has 4 nitrogen and oxygen atoms in total. The van der Waals surface area contributed by atoms with Gasteiger partial charge in [0.15, 0.2) is 0 Å². The van der Waals surface area contributed by atoms with Gasteiger partial charge in [0.25, 0.3) is 0 Å². The van der Waals surface area contributed by atoms with Crippen LogP contribution in [0.2, 0.25) is 0 Å². The summed E-state index contributed by atoms with van der Waals surface area (Å²) in [5, 5.41) is 0. The van der Waals surface area contributed by atoms with Crippen LogP contribution >= 0.6 is 0 Å². The number of amides is 1. The van der Waals surface area contributed by atoms with Gasteiger partial charge < -0.3 is 4.90 Å². The number of nitrogens with one attached hydrogen (secondary N) is 1. The number of likely N-dealkylation sites (N-methyl/N-ethyl adjacent to an activating group) is 1. The molecule has 1 amide bonds. The molecule has 0 unspecified atom stereocenters. The first-order valence-corrected chi connectivity index (χ1v) is 3.16. The third-order valence-corrected chi connectivity index (χ3v) is 0.856. The van der Waals surface area contributed by atoms with Gasteiger partial charge in [0.05, 0.1) is 6.61 Å². The number of nitrogens with zero attached hydrogens (tertiary/aromatic N) is 1. The Balaban J connectivity index is 2.98. The predicted molar refractivity (Wildman–Crippen MR) is 38.3 cm³/mol. The van der Waals surface area contributed by atoms with Crippen molar-refractivity contribution in [3.63, 3.8) is 0 Å². The maximum Gasteiger partial charge on any atom is 0.240 e. The SMILES string of the molecule is CC(=O)NOCCN(C)C. The van der Waals surface area contributed by atoms with Crippen LogP contribution in [0.5, 0.6) is 0 Å². The lowest BCUT2D eigenvalue weighted by molar-refractivity contribution is -0.131. The Hall–Kier alpha value is -0.610. The van der Waals surface area contributed by atoms with Crippen LogP contribution < -0.4 is 5.48 Å². The molecule has 60 valence electrons. The minimum atomic E-state index is -0.168. The Morgan fingerprint density at radius 3 is 2.60 bits per heavy atom. The topological polar surface area (TPSA) is 41.6 Å². The van der Waals surface area contributed by atoms with Crippen molar-refractivity contribution in [3.05, 3.63) is 0 Å². The smallest absolute Gasteiger partial charge is 0.240 e. The monoisotopic (exact) mass is 146 g/mol. The Morgan fingerprint density at radius 1 is 1.60 bits per heavy atom. The fourth-order valence-electron chi connectivity index (χ4n) is 0.381. The summed E-state index contributed by atoms with van der Waals surface area (Å²) in [5.41, 5.74) is 2.24. The number of hydroxylamine groups is 1. The zero-order valence-electron chi connectivity index (χ0n) is 6.68. The highest BCUT2D eigenvalue weighted by molar-refractivity contribution is 5.71. The fraction of sp³-hybridized carbons (Fsp3) is 0.833. The summed E-state index contributed by atoms with van der Waals surface area (Å²) in [6.07, 6.45) is 0. The van der Waals surface area contributed by atoms with E-state index in [9.17, 15) is 4.79 Å². The number of hydrogen-bond donors (Lipinski definition) is 1. The average molecular weight is 146 g/mol. The van der Waals surface area contributed by atoms with E-state index < -0.39 is 0 Å². The molecule has 0 bridgehead atoms. The third-order valence-electron chi connectivity index (χ3n) is 0.856. The van der Waals surface area contributed by atoms with Gasteiger partial charge in [0.1, 0.15) is 0 Å². The van der Waals surface area contributed by atoms with Gasteiger partial charge in [-0.2, -0.15) is 0 Å². The Morgan fingerprint density at radius 2 is 2.20 bits per heavy atom. The van der Waals surface area contributed by atoms with E-state index >= 15 is 0 Å². The first-order valence-electron chi connectivity index (χ1n) is 3.16. The Labute approximate surface area is 61.1 Å².